The predicted molar refractivity (Wildman–Crippen MR) is 115 cm³/mol. The molecule has 0 fully saturated rings. The zero-order chi connectivity index (χ0) is 20.5. The van der Waals surface area contributed by atoms with Crippen molar-refractivity contribution < 1.29 is 18.9 Å². The quantitative estimate of drug-likeness (QED) is 0.291. The molecule has 0 saturated carbocycles. The van der Waals surface area contributed by atoms with Crippen LogP contribution in [0.3, 0.4) is 0 Å². The van der Waals surface area contributed by atoms with Gasteiger partial charge in [0, 0.05) is 11.6 Å². The van der Waals surface area contributed by atoms with E-state index in [2.05, 4.69) is 4.99 Å². The lowest BCUT2D eigenvalue weighted by Crippen LogP contribution is -2.10. The Balaban J connectivity index is 1.85. The summed E-state index contributed by atoms with van der Waals surface area (Å²) in [5, 5.41) is 0. The Morgan fingerprint density at radius 2 is 1.41 bits per heavy atom. The number of para-hydroxylation sites is 2. The van der Waals surface area contributed by atoms with E-state index in [4.69, 9.17) is 18.9 Å². The van der Waals surface area contributed by atoms with Crippen LogP contribution in [0.4, 0.5) is 5.69 Å². The van der Waals surface area contributed by atoms with Gasteiger partial charge in [-0.15, -0.1) is 0 Å². The summed E-state index contributed by atoms with van der Waals surface area (Å²) in [6, 6.07) is 24.5. The van der Waals surface area contributed by atoms with Crippen molar-refractivity contribution in [2.45, 2.75) is 6.92 Å². The van der Waals surface area contributed by atoms with Crippen LogP contribution in [0.5, 0.6) is 23.0 Å². The molecule has 0 unspecified atom stereocenters. The van der Waals surface area contributed by atoms with Crippen molar-refractivity contribution in [3.8, 4) is 23.0 Å². The minimum atomic E-state index is 0.447. The third kappa shape index (κ3) is 5.62. The number of hydrogen-bond acceptors (Lipinski definition) is 5. The highest BCUT2D eigenvalue weighted by Crippen LogP contribution is 2.31. The molecule has 0 N–H and O–H groups in total. The minimum Gasteiger partial charge on any atom is -0.493 e. The van der Waals surface area contributed by atoms with Gasteiger partial charge in [-0.1, -0.05) is 36.4 Å². The largest absolute Gasteiger partial charge is 0.493 e. The third-order valence-corrected chi connectivity index (χ3v) is 4.01. The van der Waals surface area contributed by atoms with Crippen LogP contribution in [-0.4, -0.2) is 20.1 Å². The second-order valence-corrected chi connectivity index (χ2v) is 6.10. The highest BCUT2D eigenvalue weighted by molar-refractivity contribution is 5.96. The fraction of sp³-hybridized carbons (Fsp3) is 0.125. The average molecular weight is 389 g/mol. The van der Waals surface area contributed by atoms with Crippen LogP contribution in [-0.2, 0) is 0 Å². The van der Waals surface area contributed by atoms with Crippen molar-refractivity contribution in [3.63, 3.8) is 0 Å². The van der Waals surface area contributed by atoms with Crippen LogP contribution in [0.1, 0.15) is 6.92 Å². The average Bonchev–Trinajstić information content (AvgIpc) is 2.78. The van der Waals surface area contributed by atoms with Gasteiger partial charge in [-0.05, 0) is 43.3 Å². The molecule has 0 radical (unpaired) electrons. The zero-order valence-electron chi connectivity index (χ0n) is 16.7. The first-order valence-corrected chi connectivity index (χ1v) is 9.12. The maximum atomic E-state index is 6.01. The van der Waals surface area contributed by atoms with Crippen molar-refractivity contribution in [3.05, 3.63) is 90.7 Å². The summed E-state index contributed by atoms with van der Waals surface area (Å²) >= 11 is 0. The van der Waals surface area contributed by atoms with Gasteiger partial charge in [-0.3, -0.25) is 0 Å². The van der Waals surface area contributed by atoms with Gasteiger partial charge in [0.1, 0.15) is 11.5 Å². The standard InChI is InChI=1S/C24H23NO4/c1-18(17-28-21-14-15-22(26-2)23(16-21)27-3)24(25-19-10-6-4-7-11-19)29-20-12-8-5-9-13-20/h4-17H,1-3H3/b18-17?,25-24+. The molecule has 0 atom stereocenters. The molecule has 5 nitrogen and oxygen atoms in total. The van der Waals surface area contributed by atoms with Crippen LogP contribution in [0, 0.1) is 0 Å². The molecule has 148 valence electrons. The van der Waals surface area contributed by atoms with Gasteiger partial charge < -0.3 is 18.9 Å². The van der Waals surface area contributed by atoms with Crippen LogP contribution in [0.2, 0.25) is 0 Å². The SMILES string of the molecule is COc1ccc(OC=C(C)/C(=N\c2ccccc2)Oc2ccccc2)cc1OC. The second-order valence-electron chi connectivity index (χ2n) is 6.10. The van der Waals surface area contributed by atoms with Crippen molar-refractivity contribution in [1.29, 1.82) is 0 Å². The molecule has 0 aliphatic carbocycles. The predicted octanol–water partition coefficient (Wildman–Crippen LogP) is 5.80. The molecular weight excluding hydrogens is 366 g/mol. The monoisotopic (exact) mass is 389 g/mol. The number of aliphatic imine (C=N–C) groups is 1. The Hall–Kier alpha value is -3.73. The van der Waals surface area contributed by atoms with Crippen LogP contribution < -0.4 is 18.9 Å². The van der Waals surface area contributed by atoms with Crippen LogP contribution in [0.25, 0.3) is 0 Å². The molecule has 0 aliphatic heterocycles. The van der Waals surface area contributed by atoms with Gasteiger partial charge in [-0.25, -0.2) is 4.99 Å². The van der Waals surface area contributed by atoms with Gasteiger partial charge in [-0.2, -0.15) is 0 Å². The van der Waals surface area contributed by atoms with E-state index in [0.717, 1.165) is 11.3 Å². The lowest BCUT2D eigenvalue weighted by Gasteiger charge is -2.11. The molecule has 3 aromatic rings. The first-order valence-electron chi connectivity index (χ1n) is 9.12. The topological polar surface area (TPSA) is 49.3 Å². The van der Waals surface area contributed by atoms with Gasteiger partial charge in [0.05, 0.1) is 26.2 Å². The highest BCUT2D eigenvalue weighted by atomic mass is 16.5. The Kier molecular flexibility index (Phi) is 6.90. The Bertz CT molecular complexity index is 982. The fourth-order valence-electron chi connectivity index (χ4n) is 2.51. The molecule has 29 heavy (non-hydrogen) atoms. The van der Waals surface area contributed by atoms with E-state index in [0.29, 0.717) is 28.9 Å². The van der Waals surface area contributed by atoms with Gasteiger partial charge in [0.2, 0.25) is 5.90 Å². The van der Waals surface area contributed by atoms with E-state index in [1.165, 1.54) is 0 Å². The number of methoxy groups -OCH3 is 2. The summed E-state index contributed by atoms with van der Waals surface area (Å²) in [4.78, 5) is 4.63. The summed E-state index contributed by atoms with van der Waals surface area (Å²) in [5.41, 5.74) is 1.52. The number of benzene rings is 3. The van der Waals surface area contributed by atoms with E-state index in [1.54, 1.807) is 38.7 Å². The molecular formula is C24H23NO4. The highest BCUT2D eigenvalue weighted by Gasteiger charge is 2.09. The van der Waals surface area contributed by atoms with Crippen molar-refractivity contribution in [1.82, 2.24) is 0 Å². The number of rotatable bonds is 7. The minimum absolute atomic E-state index is 0.447. The first kappa shape index (κ1) is 20.0. The molecule has 0 bridgehead atoms. The molecule has 3 rings (SSSR count). The molecule has 0 spiro atoms. The third-order valence-electron chi connectivity index (χ3n) is 4.01. The summed E-state index contributed by atoms with van der Waals surface area (Å²) in [5.74, 6) is 2.98. The summed E-state index contributed by atoms with van der Waals surface area (Å²) < 4.78 is 22.4. The maximum Gasteiger partial charge on any atom is 0.225 e. The summed E-state index contributed by atoms with van der Waals surface area (Å²) in [7, 11) is 3.18. The van der Waals surface area contributed by atoms with Crippen molar-refractivity contribution in [2.75, 3.05) is 14.2 Å². The molecule has 0 aromatic heterocycles. The molecule has 5 heteroatoms. The van der Waals surface area contributed by atoms with Gasteiger partial charge in [0.25, 0.3) is 0 Å². The molecule has 0 aliphatic rings. The van der Waals surface area contributed by atoms with E-state index in [-0.39, 0.29) is 0 Å². The van der Waals surface area contributed by atoms with Gasteiger partial charge in [0.15, 0.2) is 11.5 Å². The molecule has 0 saturated heterocycles. The van der Waals surface area contributed by atoms with Crippen LogP contribution >= 0.6 is 0 Å². The van der Waals surface area contributed by atoms with Crippen molar-refractivity contribution >= 4 is 11.6 Å². The summed E-state index contributed by atoms with van der Waals surface area (Å²) in [6.45, 7) is 1.88. The molecule has 0 heterocycles. The van der Waals surface area contributed by atoms with E-state index < -0.39 is 0 Å². The van der Waals surface area contributed by atoms with E-state index in [1.807, 2.05) is 67.6 Å². The van der Waals surface area contributed by atoms with Gasteiger partial charge >= 0.3 is 0 Å². The Labute approximate surface area is 170 Å². The van der Waals surface area contributed by atoms with E-state index in [9.17, 15) is 0 Å². The Morgan fingerprint density at radius 3 is 2.07 bits per heavy atom. The lowest BCUT2D eigenvalue weighted by molar-refractivity contribution is 0.352. The Morgan fingerprint density at radius 1 is 0.759 bits per heavy atom. The lowest BCUT2D eigenvalue weighted by atomic mass is 10.3. The smallest absolute Gasteiger partial charge is 0.225 e. The fourth-order valence-corrected chi connectivity index (χ4v) is 2.51. The summed E-state index contributed by atoms with van der Waals surface area (Å²) in [6.07, 6.45) is 1.60. The molecule has 0 amide bonds. The second kappa shape index (κ2) is 9.99. The molecule has 3 aromatic carbocycles. The number of nitrogens with zero attached hydrogens (tertiary/aromatic N) is 1. The first-order chi connectivity index (χ1) is 14.2. The zero-order valence-corrected chi connectivity index (χ0v) is 16.7. The number of ether oxygens (including phenoxy) is 4. The number of hydrogen-bond donors (Lipinski definition) is 0. The van der Waals surface area contributed by atoms with E-state index >= 15 is 0 Å². The maximum absolute atomic E-state index is 6.01. The van der Waals surface area contributed by atoms with Crippen molar-refractivity contribution in [2.24, 2.45) is 4.99 Å². The normalized spacial score (nSPS) is 11.7. The van der Waals surface area contributed by atoms with Crippen LogP contribution in [0.15, 0.2) is 95.7 Å².